The number of sulfonamides is 2. The van der Waals surface area contributed by atoms with Gasteiger partial charge in [0.05, 0.1) is 15.5 Å². The molecule has 1 N–H and O–H groups in total. The second-order valence-electron chi connectivity index (χ2n) is 5.15. The molecule has 2 aromatic carbocycles. The first-order valence-electron chi connectivity index (χ1n) is 7.60. The summed E-state index contributed by atoms with van der Waals surface area (Å²) in [5.74, 6) is -0.702. The summed E-state index contributed by atoms with van der Waals surface area (Å²) in [6.07, 6.45) is 0. The van der Waals surface area contributed by atoms with Gasteiger partial charge in [0.1, 0.15) is 5.82 Å². The standard InChI is InChI=1S/C16H19FN2O4S2/c1-3-19(4-2)25(22,23)14-11-9-13(10-12-14)24(20,21)18-16-8-6-5-7-15(16)17/h5-12,18H,3-4H2,1-2H3. The predicted octanol–water partition coefficient (Wildman–Crippen LogP) is 2.66. The number of hydrogen-bond donors (Lipinski definition) is 1. The second kappa shape index (κ2) is 7.51. The molecule has 0 aliphatic carbocycles. The van der Waals surface area contributed by atoms with Gasteiger partial charge < -0.3 is 0 Å². The Morgan fingerprint density at radius 3 is 1.92 bits per heavy atom. The Morgan fingerprint density at radius 2 is 1.40 bits per heavy atom. The average Bonchev–Trinajstić information content (AvgIpc) is 2.58. The van der Waals surface area contributed by atoms with E-state index in [0.717, 1.165) is 6.07 Å². The van der Waals surface area contributed by atoms with Crippen molar-refractivity contribution >= 4 is 25.7 Å². The van der Waals surface area contributed by atoms with Crippen LogP contribution in [-0.4, -0.2) is 34.2 Å². The number of rotatable bonds is 7. The van der Waals surface area contributed by atoms with E-state index in [1.54, 1.807) is 13.8 Å². The van der Waals surface area contributed by atoms with E-state index in [9.17, 15) is 21.2 Å². The summed E-state index contributed by atoms with van der Waals surface area (Å²) in [5.41, 5.74) is -0.178. The molecule has 9 heteroatoms. The molecule has 2 rings (SSSR count). The van der Waals surface area contributed by atoms with Gasteiger partial charge in [-0.25, -0.2) is 21.2 Å². The van der Waals surface area contributed by atoms with Gasteiger partial charge in [-0.2, -0.15) is 4.31 Å². The molecule has 0 atom stereocenters. The van der Waals surface area contributed by atoms with Crippen LogP contribution in [0.1, 0.15) is 13.8 Å². The number of nitrogens with one attached hydrogen (secondary N) is 1. The zero-order chi connectivity index (χ0) is 18.7. The number of benzene rings is 2. The number of nitrogens with zero attached hydrogens (tertiary/aromatic N) is 1. The maximum Gasteiger partial charge on any atom is 0.261 e. The largest absolute Gasteiger partial charge is 0.277 e. The first-order valence-corrected chi connectivity index (χ1v) is 10.5. The molecule has 136 valence electrons. The van der Waals surface area contributed by atoms with Crippen molar-refractivity contribution < 1.29 is 21.2 Å². The van der Waals surface area contributed by atoms with Crippen LogP contribution in [0.2, 0.25) is 0 Å². The van der Waals surface area contributed by atoms with Gasteiger partial charge in [0.15, 0.2) is 0 Å². The van der Waals surface area contributed by atoms with E-state index in [1.165, 1.54) is 46.8 Å². The van der Waals surface area contributed by atoms with Gasteiger partial charge in [-0.15, -0.1) is 0 Å². The second-order valence-corrected chi connectivity index (χ2v) is 8.77. The molecule has 0 bridgehead atoms. The third-order valence-corrected chi connectivity index (χ3v) is 7.04. The van der Waals surface area contributed by atoms with Crippen LogP contribution in [0.5, 0.6) is 0 Å². The molecule has 0 aliphatic heterocycles. The third kappa shape index (κ3) is 4.17. The van der Waals surface area contributed by atoms with Crippen LogP contribution >= 0.6 is 0 Å². The maximum absolute atomic E-state index is 13.6. The monoisotopic (exact) mass is 386 g/mol. The van der Waals surface area contributed by atoms with E-state index in [0.29, 0.717) is 13.1 Å². The van der Waals surface area contributed by atoms with E-state index >= 15 is 0 Å². The van der Waals surface area contributed by atoms with Crippen molar-refractivity contribution in [1.82, 2.24) is 4.31 Å². The molecule has 0 saturated carbocycles. The first kappa shape index (κ1) is 19.4. The zero-order valence-corrected chi connectivity index (χ0v) is 15.4. The molecule has 2 aromatic rings. The van der Waals surface area contributed by atoms with Crippen LogP contribution in [0, 0.1) is 5.82 Å². The lowest BCUT2D eigenvalue weighted by atomic mass is 10.3. The molecule has 0 aromatic heterocycles. The third-order valence-electron chi connectivity index (χ3n) is 3.60. The van der Waals surface area contributed by atoms with Crippen molar-refractivity contribution in [3.05, 3.63) is 54.3 Å². The van der Waals surface area contributed by atoms with E-state index in [2.05, 4.69) is 4.72 Å². The highest BCUT2D eigenvalue weighted by Crippen LogP contribution is 2.21. The summed E-state index contributed by atoms with van der Waals surface area (Å²) in [5, 5.41) is 0. The molecule has 0 aliphatic rings. The highest BCUT2D eigenvalue weighted by molar-refractivity contribution is 7.92. The predicted molar refractivity (Wildman–Crippen MR) is 93.8 cm³/mol. The fourth-order valence-corrected chi connectivity index (χ4v) is 4.78. The molecule has 6 nitrogen and oxygen atoms in total. The molecule has 0 amide bonds. The number of para-hydroxylation sites is 1. The summed E-state index contributed by atoms with van der Waals surface area (Å²) in [6, 6.07) is 10.2. The summed E-state index contributed by atoms with van der Waals surface area (Å²) >= 11 is 0. The van der Waals surface area contributed by atoms with E-state index in [-0.39, 0.29) is 15.5 Å². The molecule has 0 saturated heterocycles. The van der Waals surface area contributed by atoms with E-state index < -0.39 is 25.9 Å². The SMILES string of the molecule is CCN(CC)S(=O)(=O)c1ccc(S(=O)(=O)Nc2ccccc2F)cc1. The summed E-state index contributed by atoms with van der Waals surface area (Å²) in [6.45, 7) is 4.07. The lowest BCUT2D eigenvalue weighted by Crippen LogP contribution is -2.30. The van der Waals surface area contributed by atoms with Crippen molar-refractivity contribution in [1.29, 1.82) is 0 Å². The van der Waals surface area contributed by atoms with Gasteiger partial charge in [-0.05, 0) is 36.4 Å². The Hall–Kier alpha value is -1.97. The Balaban J connectivity index is 2.32. The van der Waals surface area contributed by atoms with Crippen LogP contribution in [0.3, 0.4) is 0 Å². The van der Waals surface area contributed by atoms with Crippen LogP contribution in [0.25, 0.3) is 0 Å². The normalized spacial score (nSPS) is 12.3. The Kier molecular flexibility index (Phi) is 5.81. The topological polar surface area (TPSA) is 83.6 Å². The minimum atomic E-state index is -4.03. The van der Waals surface area contributed by atoms with Crippen molar-refractivity contribution in [2.24, 2.45) is 0 Å². The van der Waals surface area contributed by atoms with E-state index in [1.807, 2.05) is 0 Å². The van der Waals surface area contributed by atoms with E-state index in [4.69, 9.17) is 0 Å². The van der Waals surface area contributed by atoms with Gasteiger partial charge in [0.25, 0.3) is 10.0 Å². The molecule has 0 heterocycles. The smallest absolute Gasteiger partial charge is 0.261 e. The number of anilines is 1. The van der Waals surface area contributed by atoms with Crippen LogP contribution in [-0.2, 0) is 20.0 Å². The van der Waals surface area contributed by atoms with Gasteiger partial charge >= 0.3 is 0 Å². The highest BCUT2D eigenvalue weighted by atomic mass is 32.2. The summed E-state index contributed by atoms with van der Waals surface area (Å²) < 4.78 is 66.5. The maximum atomic E-state index is 13.6. The molecule has 25 heavy (non-hydrogen) atoms. The van der Waals surface area contributed by atoms with Gasteiger partial charge in [0, 0.05) is 13.1 Å². The molecule has 0 radical (unpaired) electrons. The quantitative estimate of drug-likeness (QED) is 0.793. The van der Waals surface area contributed by atoms with Crippen molar-refractivity contribution in [2.75, 3.05) is 17.8 Å². The minimum Gasteiger partial charge on any atom is -0.277 e. The first-order chi connectivity index (χ1) is 11.7. The molecule has 0 unspecified atom stereocenters. The van der Waals surface area contributed by atoms with Crippen LogP contribution in [0.4, 0.5) is 10.1 Å². The average molecular weight is 386 g/mol. The fraction of sp³-hybridized carbons (Fsp3) is 0.250. The van der Waals surface area contributed by atoms with Crippen molar-refractivity contribution in [3.63, 3.8) is 0 Å². The van der Waals surface area contributed by atoms with Gasteiger partial charge in [-0.1, -0.05) is 26.0 Å². The number of halogens is 1. The van der Waals surface area contributed by atoms with Crippen LogP contribution < -0.4 is 4.72 Å². The Labute approximate surface area is 147 Å². The van der Waals surface area contributed by atoms with Crippen LogP contribution in [0.15, 0.2) is 58.3 Å². The zero-order valence-electron chi connectivity index (χ0n) is 13.8. The van der Waals surface area contributed by atoms with Gasteiger partial charge in [0.2, 0.25) is 10.0 Å². The molecular formula is C16H19FN2O4S2. The highest BCUT2D eigenvalue weighted by Gasteiger charge is 2.23. The number of hydrogen-bond acceptors (Lipinski definition) is 4. The van der Waals surface area contributed by atoms with Crippen molar-refractivity contribution in [2.45, 2.75) is 23.6 Å². The lowest BCUT2D eigenvalue weighted by Gasteiger charge is -2.18. The lowest BCUT2D eigenvalue weighted by molar-refractivity contribution is 0.445. The summed E-state index contributed by atoms with van der Waals surface area (Å²) in [4.78, 5) is -0.157. The Bertz CT molecular complexity index is 938. The van der Waals surface area contributed by atoms with Crippen molar-refractivity contribution in [3.8, 4) is 0 Å². The fourth-order valence-electron chi connectivity index (χ4n) is 2.25. The molecule has 0 fully saturated rings. The Morgan fingerprint density at radius 1 is 0.880 bits per heavy atom. The molecule has 0 spiro atoms. The van der Waals surface area contributed by atoms with Gasteiger partial charge in [-0.3, -0.25) is 4.72 Å². The minimum absolute atomic E-state index is 0.000965. The molecular weight excluding hydrogens is 367 g/mol. The summed E-state index contributed by atoms with van der Waals surface area (Å²) in [7, 11) is -7.70.